The predicted octanol–water partition coefficient (Wildman–Crippen LogP) is 3.77. The van der Waals surface area contributed by atoms with E-state index in [4.69, 9.17) is 4.74 Å². The number of hydrogen-bond acceptors (Lipinski definition) is 4. The van der Waals surface area contributed by atoms with Crippen LogP contribution in [0.15, 0.2) is 30.3 Å². The van der Waals surface area contributed by atoms with Gasteiger partial charge in [-0.05, 0) is 59.2 Å². The summed E-state index contributed by atoms with van der Waals surface area (Å²) < 4.78 is 5.23. The first-order chi connectivity index (χ1) is 10.9. The summed E-state index contributed by atoms with van der Waals surface area (Å²) in [5.74, 6) is 1.23. The Morgan fingerprint density at radius 2 is 1.70 bits per heavy atom. The van der Waals surface area contributed by atoms with Crippen molar-refractivity contribution in [1.29, 1.82) is 0 Å². The third-order valence-electron chi connectivity index (χ3n) is 5.10. The van der Waals surface area contributed by atoms with Crippen molar-refractivity contribution >= 4 is 0 Å². The van der Waals surface area contributed by atoms with E-state index in [1.54, 1.807) is 19.2 Å². The molecule has 0 bridgehead atoms. The molecule has 0 aromatic heterocycles. The standard InChI is InChI=1S/C19H22O4/c1-10-6-13-8-18(23-3)17(22)9-14(13)19(11(10)2)12-4-5-15(20)16(21)7-12/h4-5,7-11,19-22H,6H2,1-3H3/t10-,11+,19+/m1/s1. The minimum atomic E-state index is -0.122. The molecular formula is C19H22O4. The van der Waals surface area contributed by atoms with Crippen LogP contribution in [0.4, 0.5) is 0 Å². The molecule has 3 rings (SSSR count). The van der Waals surface area contributed by atoms with Crippen molar-refractivity contribution in [1.82, 2.24) is 0 Å². The second-order valence-corrected chi connectivity index (χ2v) is 6.49. The number of hydrogen-bond donors (Lipinski definition) is 3. The van der Waals surface area contributed by atoms with Crippen molar-refractivity contribution in [3.8, 4) is 23.0 Å². The lowest BCUT2D eigenvalue weighted by Crippen LogP contribution is -2.26. The van der Waals surface area contributed by atoms with Gasteiger partial charge >= 0.3 is 0 Å². The Labute approximate surface area is 136 Å². The smallest absolute Gasteiger partial charge is 0.160 e. The van der Waals surface area contributed by atoms with Crippen LogP contribution in [-0.2, 0) is 6.42 Å². The maximum absolute atomic E-state index is 10.2. The largest absolute Gasteiger partial charge is 0.504 e. The maximum Gasteiger partial charge on any atom is 0.160 e. The van der Waals surface area contributed by atoms with Gasteiger partial charge in [0.1, 0.15) is 0 Å². The Balaban J connectivity index is 2.16. The van der Waals surface area contributed by atoms with Crippen LogP contribution >= 0.6 is 0 Å². The molecule has 122 valence electrons. The van der Waals surface area contributed by atoms with Gasteiger partial charge in [-0.3, -0.25) is 0 Å². The lowest BCUT2D eigenvalue weighted by molar-refractivity contribution is 0.319. The minimum absolute atomic E-state index is 0.0528. The summed E-state index contributed by atoms with van der Waals surface area (Å²) in [6, 6.07) is 8.63. The lowest BCUT2D eigenvalue weighted by atomic mass is 9.68. The maximum atomic E-state index is 10.2. The number of rotatable bonds is 2. The number of methoxy groups -OCH3 is 1. The highest BCUT2D eigenvalue weighted by atomic mass is 16.5. The average Bonchev–Trinajstić information content (AvgIpc) is 2.52. The van der Waals surface area contributed by atoms with E-state index in [9.17, 15) is 15.3 Å². The quantitative estimate of drug-likeness (QED) is 0.738. The van der Waals surface area contributed by atoms with Crippen LogP contribution in [0.2, 0.25) is 0 Å². The number of ether oxygens (including phenoxy) is 1. The fourth-order valence-electron chi connectivity index (χ4n) is 3.62. The molecule has 0 aliphatic heterocycles. The summed E-state index contributed by atoms with van der Waals surface area (Å²) in [6.45, 7) is 4.39. The first-order valence-corrected chi connectivity index (χ1v) is 7.84. The van der Waals surface area contributed by atoms with E-state index in [-0.39, 0.29) is 23.2 Å². The second-order valence-electron chi connectivity index (χ2n) is 6.49. The highest BCUT2D eigenvalue weighted by Gasteiger charge is 2.34. The van der Waals surface area contributed by atoms with Gasteiger partial charge in [-0.1, -0.05) is 19.9 Å². The summed E-state index contributed by atoms with van der Waals surface area (Å²) in [5, 5.41) is 29.6. The van der Waals surface area contributed by atoms with Crippen LogP contribution in [0, 0.1) is 11.8 Å². The topological polar surface area (TPSA) is 69.9 Å². The molecule has 4 heteroatoms. The van der Waals surface area contributed by atoms with Gasteiger partial charge in [0.2, 0.25) is 0 Å². The normalized spacial score (nSPS) is 23.3. The molecule has 23 heavy (non-hydrogen) atoms. The predicted molar refractivity (Wildman–Crippen MR) is 88.3 cm³/mol. The van der Waals surface area contributed by atoms with Crippen molar-refractivity contribution in [3.63, 3.8) is 0 Å². The summed E-state index contributed by atoms with van der Waals surface area (Å²) in [7, 11) is 1.55. The van der Waals surface area contributed by atoms with E-state index in [0.29, 0.717) is 17.6 Å². The summed E-state index contributed by atoms with van der Waals surface area (Å²) in [6.07, 6.45) is 0.924. The number of phenolic OH excluding ortho intramolecular Hbond substituents is 3. The van der Waals surface area contributed by atoms with Crippen LogP contribution in [0.3, 0.4) is 0 Å². The summed E-state index contributed by atoms with van der Waals surface area (Å²) in [4.78, 5) is 0. The summed E-state index contributed by atoms with van der Waals surface area (Å²) >= 11 is 0. The van der Waals surface area contributed by atoms with Gasteiger partial charge < -0.3 is 20.1 Å². The van der Waals surface area contributed by atoms with Crippen molar-refractivity contribution < 1.29 is 20.1 Å². The lowest BCUT2D eigenvalue weighted by Gasteiger charge is -2.37. The molecule has 0 spiro atoms. The number of aromatic hydroxyl groups is 3. The Morgan fingerprint density at radius 1 is 0.957 bits per heavy atom. The van der Waals surface area contributed by atoms with Gasteiger partial charge in [-0.2, -0.15) is 0 Å². The third-order valence-corrected chi connectivity index (χ3v) is 5.10. The zero-order chi connectivity index (χ0) is 16.7. The van der Waals surface area contributed by atoms with Crippen LogP contribution in [0.1, 0.15) is 36.5 Å². The van der Waals surface area contributed by atoms with Crippen molar-refractivity contribution in [2.75, 3.05) is 7.11 Å². The molecule has 0 unspecified atom stereocenters. The minimum Gasteiger partial charge on any atom is -0.504 e. The van der Waals surface area contributed by atoms with E-state index >= 15 is 0 Å². The molecule has 3 atom stereocenters. The number of fused-ring (bicyclic) bond motifs is 1. The van der Waals surface area contributed by atoms with Gasteiger partial charge in [-0.25, -0.2) is 0 Å². The molecule has 4 nitrogen and oxygen atoms in total. The molecule has 1 aliphatic rings. The number of benzene rings is 2. The van der Waals surface area contributed by atoms with Crippen molar-refractivity contribution in [2.45, 2.75) is 26.2 Å². The molecule has 0 amide bonds. The number of phenols is 3. The van der Waals surface area contributed by atoms with Crippen LogP contribution < -0.4 is 4.74 Å². The Hall–Kier alpha value is -2.36. The second kappa shape index (κ2) is 5.69. The average molecular weight is 314 g/mol. The van der Waals surface area contributed by atoms with Gasteiger partial charge in [0.05, 0.1) is 7.11 Å². The highest BCUT2D eigenvalue weighted by molar-refractivity contribution is 5.53. The third kappa shape index (κ3) is 2.58. The molecule has 0 radical (unpaired) electrons. The molecule has 2 aromatic rings. The Morgan fingerprint density at radius 3 is 2.35 bits per heavy atom. The molecule has 2 aromatic carbocycles. The Bertz CT molecular complexity index is 738. The first kappa shape index (κ1) is 15.5. The molecular weight excluding hydrogens is 292 g/mol. The first-order valence-electron chi connectivity index (χ1n) is 7.84. The molecule has 0 saturated heterocycles. The van der Waals surface area contributed by atoms with Crippen LogP contribution in [0.25, 0.3) is 0 Å². The van der Waals surface area contributed by atoms with Crippen LogP contribution in [0.5, 0.6) is 23.0 Å². The molecule has 3 N–H and O–H groups in total. The van der Waals surface area contributed by atoms with Gasteiger partial charge in [0.25, 0.3) is 0 Å². The fourth-order valence-corrected chi connectivity index (χ4v) is 3.62. The monoisotopic (exact) mass is 314 g/mol. The highest BCUT2D eigenvalue weighted by Crippen LogP contribution is 2.47. The van der Waals surface area contributed by atoms with Crippen molar-refractivity contribution in [2.24, 2.45) is 11.8 Å². The Kier molecular flexibility index (Phi) is 3.84. The SMILES string of the molecule is COc1cc2c(cc1O)[C@H](c1ccc(O)c(O)c1)[C@@H](C)[C@H](C)C2. The zero-order valence-corrected chi connectivity index (χ0v) is 13.6. The van der Waals surface area contributed by atoms with Gasteiger partial charge in [0, 0.05) is 5.92 Å². The van der Waals surface area contributed by atoms with E-state index in [1.165, 1.54) is 6.07 Å². The molecule has 0 saturated carbocycles. The molecule has 0 fully saturated rings. The van der Waals surface area contributed by atoms with Crippen molar-refractivity contribution in [3.05, 3.63) is 47.0 Å². The van der Waals surface area contributed by atoms with Gasteiger partial charge in [0.15, 0.2) is 23.0 Å². The molecule has 0 heterocycles. The van der Waals surface area contributed by atoms with E-state index < -0.39 is 0 Å². The zero-order valence-electron chi connectivity index (χ0n) is 13.6. The van der Waals surface area contributed by atoms with E-state index in [0.717, 1.165) is 23.1 Å². The fraction of sp³-hybridized carbons (Fsp3) is 0.368. The van der Waals surface area contributed by atoms with Gasteiger partial charge in [-0.15, -0.1) is 0 Å². The van der Waals surface area contributed by atoms with Crippen LogP contribution in [-0.4, -0.2) is 22.4 Å². The summed E-state index contributed by atoms with van der Waals surface area (Å²) in [5.41, 5.74) is 3.15. The van der Waals surface area contributed by atoms with E-state index in [1.807, 2.05) is 12.1 Å². The van der Waals surface area contributed by atoms with E-state index in [2.05, 4.69) is 13.8 Å². The molecule has 1 aliphatic carbocycles.